The predicted octanol–water partition coefficient (Wildman–Crippen LogP) is 3.74. The molecule has 28 heavy (non-hydrogen) atoms. The van der Waals surface area contributed by atoms with Crippen LogP contribution in [-0.4, -0.2) is 37.6 Å². The first-order chi connectivity index (χ1) is 12.8. The van der Waals surface area contributed by atoms with Crippen molar-refractivity contribution in [1.82, 2.24) is 14.5 Å². The Morgan fingerprint density at radius 2 is 1.79 bits per heavy atom. The number of aromatic nitrogens is 2. The molecule has 7 nitrogen and oxygen atoms in total. The van der Waals surface area contributed by atoms with Gasteiger partial charge in [-0.2, -0.15) is 18.3 Å². The van der Waals surface area contributed by atoms with Crippen molar-refractivity contribution in [3.05, 3.63) is 33.4 Å². The molecule has 0 saturated carbocycles. The molecule has 13 heteroatoms. The molecule has 0 amide bonds. The Labute approximate surface area is 168 Å². The Balaban J connectivity index is 2.91. The lowest BCUT2D eigenvalue weighted by Crippen LogP contribution is -2.22. The summed E-state index contributed by atoms with van der Waals surface area (Å²) in [5.74, 6) is -0.837. The molecule has 0 radical (unpaired) electrons. The summed E-state index contributed by atoms with van der Waals surface area (Å²) in [6, 6.07) is 1.28. The molecule has 0 fully saturated rings. The number of benzene rings is 1. The number of carbonyl (C=O) groups is 1. The van der Waals surface area contributed by atoms with Gasteiger partial charge in [0.1, 0.15) is 5.69 Å². The number of hydrogen-bond donors (Lipinski definition) is 2. The number of rotatable bonds is 6. The van der Waals surface area contributed by atoms with Gasteiger partial charge in [-0.05, 0) is 26.1 Å². The Bertz CT molecular complexity index is 1010. The van der Waals surface area contributed by atoms with Gasteiger partial charge in [-0.1, -0.05) is 23.2 Å². The van der Waals surface area contributed by atoms with Gasteiger partial charge in [-0.3, -0.25) is 4.79 Å². The monoisotopic (exact) mass is 458 g/mol. The number of hydrogen-bond acceptors (Lipinski definition) is 5. The van der Waals surface area contributed by atoms with Crippen LogP contribution in [0.4, 0.5) is 19.0 Å². The molecule has 1 heterocycles. The minimum absolute atomic E-state index is 0.161. The van der Waals surface area contributed by atoms with Crippen molar-refractivity contribution in [2.24, 2.45) is 0 Å². The number of sulfonamides is 1. The van der Waals surface area contributed by atoms with Gasteiger partial charge in [-0.25, -0.2) is 17.8 Å². The highest BCUT2D eigenvalue weighted by atomic mass is 35.5. The fourth-order valence-electron chi connectivity index (χ4n) is 2.41. The largest absolute Gasteiger partial charge is 0.416 e. The van der Waals surface area contributed by atoms with E-state index in [9.17, 15) is 26.4 Å². The molecule has 2 N–H and O–H groups in total. The molecule has 1 aromatic heterocycles. The maximum Gasteiger partial charge on any atom is 0.416 e. The molecule has 2 aromatic rings. The molecule has 0 aliphatic carbocycles. The number of carbonyl (C=O) groups excluding carboxylic acids is 1. The molecule has 1 aromatic carbocycles. The zero-order chi connectivity index (χ0) is 21.4. The molecule has 0 bridgehead atoms. The fourth-order valence-corrected chi connectivity index (χ4v) is 4.11. The maximum absolute atomic E-state index is 13.0. The topological polar surface area (TPSA) is 93.1 Å². The van der Waals surface area contributed by atoms with Crippen LogP contribution in [0.25, 0.3) is 5.69 Å². The fraction of sp³-hybridized carbons (Fsp3) is 0.333. The van der Waals surface area contributed by atoms with Crippen LogP contribution in [0.15, 0.2) is 17.0 Å². The Morgan fingerprint density at radius 3 is 2.18 bits per heavy atom. The van der Waals surface area contributed by atoms with Gasteiger partial charge >= 0.3 is 6.18 Å². The summed E-state index contributed by atoms with van der Waals surface area (Å²) in [7, 11) is -3.01. The van der Waals surface area contributed by atoms with Crippen LogP contribution in [0, 0.1) is 0 Å². The third-order valence-electron chi connectivity index (χ3n) is 3.61. The van der Waals surface area contributed by atoms with Gasteiger partial charge in [0, 0.05) is 13.5 Å². The van der Waals surface area contributed by atoms with E-state index < -0.39 is 48.2 Å². The minimum Gasteiger partial charge on any atom is -0.369 e. The first-order valence-electron chi connectivity index (χ1n) is 7.73. The van der Waals surface area contributed by atoms with E-state index in [1.807, 2.05) is 0 Å². The van der Waals surface area contributed by atoms with Crippen LogP contribution < -0.4 is 10.0 Å². The number of nitrogens with zero attached hydrogens (tertiary/aromatic N) is 2. The molecule has 0 unspecified atom stereocenters. The van der Waals surface area contributed by atoms with Gasteiger partial charge in [0.05, 0.1) is 15.6 Å². The first kappa shape index (κ1) is 22.5. The molecule has 0 atom stereocenters. The lowest BCUT2D eigenvalue weighted by molar-refractivity contribution is -0.137. The van der Waals surface area contributed by atoms with Gasteiger partial charge < -0.3 is 5.32 Å². The Kier molecular flexibility index (Phi) is 6.34. The first-order valence-corrected chi connectivity index (χ1v) is 9.97. The van der Waals surface area contributed by atoms with Gasteiger partial charge in [0.15, 0.2) is 22.2 Å². The van der Waals surface area contributed by atoms with Crippen molar-refractivity contribution in [3.8, 4) is 5.69 Å². The van der Waals surface area contributed by atoms with Gasteiger partial charge in [0.2, 0.25) is 10.0 Å². The van der Waals surface area contributed by atoms with E-state index in [0.717, 1.165) is 18.7 Å². The summed E-state index contributed by atoms with van der Waals surface area (Å²) in [6.45, 7) is 2.97. The number of Topliss-reactive ketones (excluding diaryl/α,β-unsaturated/α-hetero) is 1. The third kappa shape index (κ3) is 4.12. The maximum atomic E-state index is 13.0. The average Bonchev–Trinajstić information content (AvgIpc) is 2.94. The van der Waals surface area contributed by atoms with E-state index in [4.69, 9.17) is 23.2 Å². The van der Waals surface area contributed by atoms with E-state index >= 15 is 0 Å². The summed E-state index contributed by atoms with van der Waals surface area (Å²) in [6.07, 6.45) is -4.69. The SMILES string of the molecule is CCNc1c(S(=O)(=O)NC)c(C(C)=O)nn1-c1c(Cl)cc(C(F)(F)F)cc1Cl. The van der Waals surface area contributed by atoms with Crippen molar-refractivity contribution < 1.29 is 26.4 Å². The predicted molar refractivity (Wildman–Crippen MR) is 99.0 cm³/mol. The average molecular weight is 459 g/mol. The van der Waals surface area contributed by atoms with Crippen LogP contribution in [0.5, 0.6) is 0 Å². The van der Waals surface area contributed by atoms with Crippen molar-refractivity contribution in [1.29, 1.82) is 0 Å². The van der Waals surface area contributed by atoms with Crippen LogP contribution in [0.2, 0.25) is 10.0 Å². The smallest absolute Gasteiger partial charge is 0.369 e. The van der Waals surface area contributed by atoms with Gasteiger partial charge in [0.25, 0.3) is 0 Å². The van der Waals surface area contributed by atoms with Crippen LogP contribution in [-0.2, 0) is 16.2 Å². The van der Waals surface area contributed by atoms with E-state index in [1.54, 1.807) is 6.92 Å². The van der Waals surface area contributed by atoms with E-state index in [-0.39, 0.29) is 18.1 Å². The van der Waals surface area contributed by atoms with Crippen molar-refractivity contribution in [2.75, 3.05) is 18.9 Å². The van der Waals surface area contributed by atoms with E-state index in [2.05, 4.69) is 15.1 Å². The third-order valence-corrected chi connectivity index (χ3v) is 5.65. The van der Waals surface area contributed by atoms with E-state index in [1.165, 1.54) is 0 Å². The van der Waals surface area contributed by atoms with Gasteiger partial charge in [-0.15, -0.1) is 0 Å². The van der Waals surface area contributed by atoms with Crippen molar-refractivity contribution in [2.45, 2.75) is 24.9 Å². The number of anilines is 1. The number of nitrogens with one attached hydrogen (secondary N) is 2. The number of ketones is 1. The lowest BCUT2D eigenvalue weighted by atomic mass is 10.2. The lowest BCUT2D eigenvalue weighted by Gasteiger charge is -2.15. The highest BCUT2D eigenvalue weighted by Crippen LogP contribution is 2.39. The van der Waals surface area contributed by atoms with Crippen molar-refractivity contribution >= 4 is 44.8 Å². The second kappa shape index (κ2) is 7.90. The summed E-state index contributed by atoms with van der Waals surface area (Å²) in [5.41, 5.74) is -1.71. The Hall–Kier alpha value is -1.82. The zero-order valence-electron chi connectivity index (χ0n) is 14.8. The molecule has 0 saturated heterocycles. The molecular weight excluding hydrogens is 444 g/mol. The summed E-state index contributed by atoms with van der Waals surface area (Å²) in [4.78, 5) is 11.5. The molecule has 154 valence electrons. The Morgan fingerprint density at radius 1 is 1.25 bits per heavy atom. The quantitative estimate of drug-likeness (QED) is 0.643. The second-order valence-electron chi connectivity index (χ2n) is 5.52. The normalized spacial score (nSPS) is 12.3. The minimum atomic E-state index is -4.69. The molecule has 0 aliphatic heterocycles. The van der Waals surface area contributed by atoms with Crippen molar-refractivity contribution in [3.63, 3.8) is 0 Å². The zero-order valence-corrected chi connectivity index (χ0v) is 17.1. The molecular formula is C15H15Cl2F3N4O3S. The van der Waals surface area contributed by atoms with Crippen LogP contribution in [0.3, 0.4) is 0 Å². The summed E-state index contributed by atoms with van der Waals surface area (Å²) in [5, 5.41) is 5.86. The highest BCUT2D eigenvalue weighted by Gasteiger charge is 2.35. The summed E-state index contributed by atoms with van der Waals surface area (Å²) < 4.78 is 66.8. The number of halogens is 5. The molecule has 0 spiro atoms. The van der Waals surface area contributed by atoms with Crippen LogP contribution in [0.1, 0.15) is 29.9 Å². The standard InChI is InChI=1S/C15H15Cl2F3N4O3S/c1-4-22-14-13(28(26,27)21-3)11(7(2)25)23-24(14)12-9(16)5-8(6-10(12)17)15(18,19)20/h5-6,21-22H,4H2,1-3H3. The second-order valence-corrected chi connectivity index (χ2v) is 8.16. The summed E-state index contributed by atoms with van der Waals surface area (Å²) >= 11 is 12.0. The molecule has 0 aliphatic rings. The number of alkyl halides is 3. The van der Waals surface area contributed by atoms with E-state index in [0.29, 0.717) is 12.1 Å². The highest BCUT2D eigenvalue weighted by molar-refractivity contribution is 7.89. The molecule has 2 rings (SSSR count). The van der Waals surface area contributed by atoms with Crippen LogP contribution >= 0.6 is 23.2 Å².